The van der Waals surface area contributed by atoms with Gasteiger partial charge in [0.15, 0.2) is 0 Å². The Morgan fingerprint density at radius 3 is 2.70 bits per heavy atom. The number of halogens is 3. The van der Waals surface area contributed by atoms with Crippen LogP contribution in [0, 0.1) is 5.82 Å². The Bertz CT molecular complexity index is 1000. The maximum atomic E-state index is 13.1. The molecule has 0 atom stereocenters. The van der Waals surface area contributed by atoms with Crippen molar-refractivity contribution in [2.45, 2.75) is 19.5 Å². The van der Waals surface area contributed by atoms with E-state index in [0.717, 1.165) is 17.0 Å². The molecule has 0 saturated heterocycles. The normalized spacial score (nSPS) is 13.5. The van der Waals surface area contributed by atoms with Crippen LogP contribution in [0.15, 0.2) is 42.5 Å². The fraction of sp³-hybridized carbons (Fsp3) is 0.211. The lowest BCUT2D eigenvalue weighted by Gasteiger charge is -2.27. The Morgan fingerprint density at radius 2 is 1.93 bits per heavy atom. The summed E-state index contributed by atoms with van der Waals surface area (Å²) in [5.41, 5.74) is 3.06. The summed E-state index contributed by atoms with van der Waals surface area (Å²) in [4.78, 5) is 14.5. The van der Waals surface area contributed by atoms with Gasteiger partial charge in [-0.05, 0) is 29.8 Å². The molecule has 0 radical (unpaired) electrons. The number of amides is 1. The second-order valence-corrected chi connectivity index (χ2v) is 7.13. The molecule has 27 heavy (non-hydrogen) atoms. The van der Waals surface area contributed by atoms with Crippen molar-refractivity contribution in [3.05, 3.63) is 80.8 Å². The highest BCUT2D eigenvalue weighted by atomic mass is 35.5. The zero-order valence-corrected chi connectivity index (χ0v) is 15.7. The van der Waals surface area contributed by atoms with E-state index in [-0.39, 0.29) is 16.7 Å². The molecule has 2 heterocycles. The van der Waals surface area contributed by atoms with E-state index in [1.165, 1.54) is 12.1 Å². The predicted molar refractivity (Wildman–Crippen MR) is 100 cm³/mol. The van der Waals surface area contributed by atoms with E-state index in [1.54, 1.807) is 39.9 Å². The maximum Gasteiger partial charge on any atom is 0.255 e. The standard InChI is InChI=1S/C19H15Cl2FN4O/c20-15-3-1-2-14(18(15)21)19(27)25-9-8-17-16(11-25)23-24-26(17)10-12-4-6-13(22)7-5-12/h1-7H,8-11H2. The molecule has 0 unspecified atom stereocenters. The molecular weight excluding hydrogens is 390 g/mol. The first-order valence-corrected chi connectivity index (χ1v) is 9.17. The Labute approximate surface area is 165 Å². The van der Waals surface area contributed by atoms with Crippen molar-refractivity contribution in [1.82, 2.24) is 19.9 Å². The minimum absolute atomic E-state index is 0.179. The van der Waals surface area contributed by atoms with Gasteiger partial charge in [-0.3, -0.25) is 4.79 Å². The SMILES string of the molecule is O=C(c1cccc(Cl)c1Cl)N1CCc2c(nnn2Cc2ccc(F)cc2)C1. The van der Waals surface area contributed by atoms with Crippen LogP contribution in [-0.2, 0) is 19.5 Å². The molecule has 5 nitrogen and oxygen atoms in total. The van der Waals surface area contributed by atoms with Crippen LogP contribution in [0.4, 0.5) is 4.39 Å². The lowest BCUT2D eigenvalue weighted by molar-refractivity contribution is 0.0731. The third kappa shape index (κ3) is 3.55. The number of hydrogen-bond donors (Lipinski definition) is 0. The number of carbonyl (C=O) groups is 1. The second-order valence-electron chi connectivity index (χ2n) is 6.35. The average Bonchev–Trinajstić information content (AvgIpc) is 3.07. The van der Waals surface area contributed by atoms with E-state index in [4.69, 9.17) is 23.2 Å². The summed E-state index contributed by atoms with van der Waals surface area (Å²) in [6, 6.07) is 11.3. The molecule has 138 valence electrons. The Balaban J connectivity index is 1.52. The van der Waals surface area contributed by atoms with Gasteiger partial charge in [-0.1, -0.05) is 46.6 Å². The summed E-state index contributed by atoms with van der Waals surface area (Å²) < 4.78 is 14.9. The summed E-state index contributed by atoms with van der Waals surface area (Å²) in [7, 11) is 0. The largest absolute Gasteiger partial charge is 0.332 e. The summed E-state index contributed by atoms with van der Waals surface area (Å²) in [6.07, 6.45) is 0.632. The van der Waals surface area contributed by atoms with Gasteiger partial charge in [0, 0.05) is 13.0 Å². The van der Waals surface area contributed by atoms with Crippen molar-refractivity contribution in [2.24, 2.45) is 0 Å². The van der Waals surface area contributed by atoms with Gasteiger partial charge in [0.1, 0.15) is 11.5 Å². The number of benzene rings is 2. The zero-order chi connectivity index (χ0) is 19.0. The van der Waals surface area contributed by atoms with E-state index in [0.29, 0.717) is 36.6 Å². The predicted octanol–water partition coefficient (Wildman–Crippen LogP) is 3.97. The molecule has 2 aromatic carbocycles. The summed E-state index contributed by atoms with van der Waals surface area (Å²) in [5, 5.41) is 9.04. The van der Waals surface area contributed by atoms with Crippen molar-refractivity contribution < 1.29 is 9.18 Å². The van der Waals surface area contributed by atoms with Crippen LogP contribution in [0.3, 0.4) is 0 Å². The fourth-order valence-electron chi connectivity index (χ4n) is 3.17. The van der Waals surface area contributed by atoms with E-state index < -0.39 is 0 Å². The van der Waals surface area contributed by atoms with Gasteiger partial charge in [-0.15, -0.1) is 5.10 Å². The van der Waals surface area contributed by atoms with E-state index in [2.05, 4.69) is 10.3 Å². The van der Waals surface area contributed by atoms with Crippen LogP contribution in [0.25, 0.3) is 0 Å². The highest BCUT2D eigenvalue weighted by molar-refractivity contribution is 6.43. The van der Waals surface area contributed by atoms with Gasteiger partial charge in [0.25, 0.3) is 5.91 Å². The molecule has 1 aliphatic heterocycles. The Hall–Kier alpha value is -2.44. The van der Waals surface area contributed by atoms with E-state index >= 15 is 0 Å². The van der Waals surface area contributed by atoms with Crippen molar-refractivity contribution in [3.8, 4) is 0 Å². The molecule has 0 N–H and O–H groups in total. The van der Waals surface area contributed by atoms with Crippen LogP contribution in [0.1, 0.15) is 27.3 Å². The highest BCUT2D eigenvalue weighted by Gasteiger charge is 2.27. The first kappa shape index (κ1) is 17.9. The first-order chi connectivity index (χ1) is 13.0. The fourth-order valence-corrected chi connectivity index (χ4v) is 3.55. The summed E-state index contributed by atoms with van der Waals surface area (Å²) >= 11 is 12.2. The Morgan fingerprint density at radius 1 is 1.15 bits per heavy atom. The minimum Gasteiger partial charge on any atom is -0.332 e. The molecule has 0 fully saturated rings. The van der Waals surface area contributed by atoms with Crippen LogP contribution in [0.5, 0.6) is 0 Å². The average molecular weight is 405 g/mol. The van der Waals surface area contributed by atoms with Crippen LogP contribution >= 0.6 is 23.2 Å². The lowest BCUT2D eigenvalue weighted by atomic mass is 10.1. The van der Waals surface area contributed by atoms with Crippen molar-refractivity contribution in [3.63, 3.8) is 0 Å². The quantitative estimate of drug-likeness (QED) is 0.663. The topological polar surface area (TPSA) is 51.0 Å². The van der Waals surface area contributed by atoms with E-state index in [9.17, 15) is 9.18 Å². The number of aromatic nitrogens is 3. The lowest BCUT2D eigenvalue weighted by Crippen LogP contribution is -2.36. The van der Waals surface area contributed by atoms with Crippen LogP contribution in [-0.4, -0.2) is 32.3 Å². The molecule has 0 spiro atoms. The molecule has 0 aliphatic carbocycles. The monoisotopic (exact) mass is 404 g/mol. The highest BCUT2D eigenvalue weighted by Crippen LogP contribution is 2.28. The zero-order valence-electron chi connectivity index (χ0n) is 14.2. The second kappa shape index (κ2) is 7.29. The molecule has 4 rings (SSSR count). The van der Waals surface area contributed by atoms with Crippen LogP contribution < -0.4 is 0 Å². The molecule has 1 amide bonds. The summed E-state index contributed by atoms with van der Waals surface area (Å²) in [6.45, 7) is 1.41. The first-order valence-electron chi connectivity index (χ1n) is 8.42. The number of nitrogens with zero attached hydrogens (tertiary/aromatic N) is 4. The molecule has 1 aliphatic rings. The number of carbonyl (C=O) groups excluding carboxylic acids is 1. The van der Waals surface area contributed by atoms with Gasteiger partial charge >= 0.3 is 0 Å². The van der Waals surface area contributed by atoms with Gasteiger partial charge < -0.3 is 4.90 Å². The van der Waals surface area contributed by atoms with Gasteiger partial charge in [-0.25, -0.2) is 9.07 Å². The van der Waals surface area contributed by atoms with Crippen molar-refractivity contribution in [1.29, 1.82) is 0 Å². The van der Waals surface area contributed by atoms with Gasteiger partial charge in [-0.2, -0.15) is 0 Å². The van der Waals surface area contributed by atoms with E-state index in [1.807, 2.05) is 0 Å². The molecular formula is C19H15Cl2FN4O. The molecule has 0 saturated carbocycles. The van der Waals surface area contributed by atoms with Crippen molar-refractivity contribution in [2.75, 3.05) is 6.54 Å². The number of rotatable bonds is 3. The smallest absolute Gasteiger partial charge is 0.255 e. The molecule has 3 aromatic rings. The van der Waals surface area contributed by atoms with Gasteiger partial charge in [0.2, 0.25) is 0 Å². The molecule has 8 heteroatoms. The van der Waals surface area contributed by atoms with Crippen LogP contribution in [0.2, 0.25) is 10.0 Å². The summed E-state index contributed by atoms with van der Waals surface area (Å²) in [5.74, 6) is -0.450. The minimum atomic E-state index is -0.270. The Kier molecular flexibility index (Phi) is 4.85. The van der Waals surface area contributed by atoms with Gasteiger partial charge in [0.05, 0.1) is 34.4 Å². The maximum absolute atomic E-state index is 13.1. The van der Waals surface area contributed by atoms with Crippen molar-refractivity contribution >= 4 is 29.1 Å². The third-order valence-electron chi connectivity index (χ3n) is 4.59. The molecule has 0 bridgehead atoms. The number of hydrogen-bond acceptors (Lipinski definition) is 3. The third-order valence-corrected chi connectivity index (χ3v) is 5.41. The molecule has 1 aromatic heterocycles. The number of fused-ring (bicyclic) bond motifs is 1.